The lowest BCUT2D eigenvalue weighted by molar-refractivity contribution is -0.169. The van der Waals surface area contributed by atoms with Crippen LogP contribution in [0.15, 0.2) is 47.7 Å². The van der Waals surface area contributed by atoms with E-state index in [1.54, 1.807) is 0 Å². The SMILES string of the molecule is CC1=CC(O/C=C2/C(=O)NC3c4ccccc4CC23)N(CC(F)(F)F)C1=O. The molecule has 3 aliphatic rings. The Labute approximate surface area is 153 Å². The predicted molar refractivity (Wildman–Crippen MR) is 89.0 cm³/mol. The number of hydrogen-bond acceptors (Lipinski definition) is 3. The topological polar surface area (TPSA) is 58.6 Å². The number of alkyl halides is 3. The van der Waals surface area contributed by atoms with Crippen molar-refractivity contribution in [1.82, 2.24) is 10.2 Å². The maximum atomic E-state index is 12.8. The maximum Gasteiger partial charge on any atom is 0.406 e. The van der Waals surface area contributed by atoms with Gasteiger partial charge in [0.2, 0.25) is 0 Å². The summed E-state index contributed by atoms with van der Waals surface area (Å²) in [5.74, 6) is -1.15. The number of halogens is 3. The number of ether oxygens (including phenoxy) is 1. The highest BCUT2D eigenvalue weighted by atomic mass is 19.4. The Kier molecular flexibility index (Phi) is 4.01. The number of carbonyl (C=O) groups is 2. The first-order valence-corrected chi connectivity index (χ1v) is 8.55. The molecule has 3 atom stereocenters. The van der Waals surface area contributed by atoms with Gasteiger partial charge >= 0.3 is 6.18 Å². The molecule has 27 heavy (non-hydrogen) atoms. The number of fused-ring (bicyclic) bond motifs is 3. The molecule has 0 spiro atoms. The number of benzene rings is 1. The monoisotopic (exact) mass is 378 g/mol. The zero-order chi connectivity index (χ0) is 19.3. The number of nitrogens with zero attached hydrogens (tertiary/aromatic N) is 1. The van der Waals surface area contributed by atoms with Crippen LogP contribution in [0.4, 0.5) is 13.2 Å². The molecule has 0 aromatic heterocycles. The van der Waals surface area contributed by atoms with Gasteiger partial charge in [-0.15, -0.1) is 0 Å². The van der Waals surface area contributed by atoms with E-state index in [-0.39, 0.29) is 23.4 Å². The molecule has 3 unspecified atom stereocenters. The van der Waals surface area contributed by atoms with Gasteiger partial charge in [0.25, 0.3) is 11.8 Å². The summed E-state index contributed by atoms with van der Waals surface area (Å²) in [6.45, 7) is 0.0331. The maximum absolute atomic E-state index is 12.8. The summed E-state index contributed by atoms with van der Waals surface area (Å²) >= 11 is 0. The number of nitrogens with one attached hydrogen (secondary N) is 1. The zero-order valence-corrected chi connectivity index (χ0v) is 14.4. The van der Waals surface area contributed by atoms with Crippen LogP contribution in [0, 0.1) is 5.92 Å². The van der Waals surface area contributed by atoms with E-state index < -0.39 is 24.9 Å². The number of amides is 2. The summed E-state index contributed by atoms with van der Waals surface area (Å²) in [5, 5.41) is 2.90. The Morgan fingerprint density at radius 1 is 1.30 bits per heavy atom. The van der Waals surface area contributed by atoms with Gasteiger partial charge in [-0.2, -0.15) is 13.2 Å². The van der Waals surface area contributed by atoms with Gasteiger partial charge < -0.3 is 10.1 Å². The van der Waals surface area contributed by atoms with Crippen molar-refractivity contribution in [3.8, 4) is 0 Å². The van der Waals surface area contributed by atoms with Crippen LogP contribution in [0.5, 0.6) is 0 Å². The van der Waals surface area contributed by atoms with Crippen molar-refractivity contribution in [2.45, 2.75) is 31.8 Å². The Morgan fingerprint density at radius 3 is 2.78 bits per heavy atom. The standard InChI is InChI=1S/C19H17F3N2O3/c1-10-6-15(24(18(10)26)9-19(20,21)22)27-8-14-13-7-11-4-2-3-5-12(11)16(13)23-17(14)25/h2-6,8,13,15-16H,7,9H2,1H3,(H,23,25)/b14-8+. The first-order valence-electron chi connectivity index (χ1n) is 8.55. The third-order valence-corrected chi connectivity index (χ3v) is 5.16. The van der Waals surface area contributed by atoms with E-state index in [1.165, 1.54) is 19.3 Å². The van der Waals surface area contributed by atoms with Gasteiger partial charge in [0.15, 0.2) is 6.23 Å². The van der Waals surface area contributed by atoms with E-state index in [9.17, 15) is 22.8 Å². The summed E-state index contributed by atoms with van der Waals surface area (Å²) in [4.78, 5) is 24.9. The molecule has 8 heteroatoms. The second-order valence-corrected chi connectivity index (χ2v) is 6.96. The molecular weight excluding hydrogens is 361 g/mol. The van der Waals surface area contributed by atoms with E-state index in [4.69, 9.17) is 4.74 Å². The molecule has 0 radical (unpaired) electrons. The largest absolute Gasteiger partial charge is 0.474 e. The van der Waals surface area contributed by atoms with Crippen LogP contribution >= 0.6 is 0 Å². The second-order valence-electron chi connectivity index (χ2n) is 6.96. The van der Waals surface area contributed by atoms with Crippen LogP contribution in [0.1, 0.15) is 24.1 Å². The normalized spacial score (nSPS) is 28.3. The van der Waals surface area contributed by atoms with Crippen molar-refractivity contribution in [2.75, 3.05) is 6.54 Å². The smallest absolute Gasteiger partial charge is 0.406 e. The van der Waals surface area contributed by atoms with Gasteiger partial charge in [0.05, 0.1) is 17.9 Å². The van der Waals surface area contributed by atoms with Crippen molar-refractivity contribution in [2.24, 2.45) is 5.92 Å². The van der Waals surface area contributed by atoms with E-state index >= 15 is 0 Å². The van der Waals surface area contributed by atoms with E-state index in [2.05, 4.69) is 5.32 Å². The summed E-state index contributed by atoms with van der Waals surface area (Å²) in [5.41, 5.74) is 2.74. The summed E-state index contributed by atoms with van der Waals surface area (Å²) < 4.78 is 43.7. The third-order valence-electron chi connectivity index (χ3n) is 5.16. The zero-order valence-electron chi connectivity index (χ0n) is 14.4. The minimum Gasteiger partial charge on any atom is -0.474 e. The first kappa shape index (κ1) is 17.6. The molecule has 1 fully saturated rings. The molecule has 0 bridgehead atoms. The molecule has 4 rings (SSSR count). The Balaban J connectivity index is 1.54. The molecule has 2 heterocycles. The number of rotatable bonds is 3. The molecule has 2 amide bonds. The fourth-order valence-corrected chi connectivity index (χ4v) is 3.92. The molecule has 1 aromatic rings. The highest BCUT2D eigenvalue weighted by Crippen LogP contribution is 2.44. The third kappa shape index (κ3) is 3.09. The van der Waals surface area contributed by atoms with Crippen LogP contribution in [0.3, 0.4) is 0 Å². The summed E-state index contributed by atoms with van der Waals surface area (Å²) in [6.07, 6.45) is -2.52. The van der Waals surface area contributed by atoms with Crippen molar-refractivity contribution >= 4 is 11.8 Å². The van der Waals surface area contributed by atoms with Gasteiger partial charge in [-0.25, -0.2) is 0 Å². The van der Waals surface area contributed by atoms with Gasteiger partial charge in [-0.1, -0.05) is 24.3 Å². The number of carbonyl (C=O) groups excluding carboxylic acids is 2. The molecule has 1 aliphatic carbocycles. The highest BCUT2D eigenvalue weighted by Gasteiger charge is 2.45. The fraction of sp³-hybridized carbons (Fsp3) is 0.368. The Morgan fingerprint density at radius 2 is 2.04 bits per heavy atom. The molecular formula is C19H17F3N2O3. The average Bonchev–Trinajstić information content (AvgIpc) is 3.18. The molecule has 142 valence electrons. The van der Waals surface area contributed by atoms with Crippen LogP contribution in [-0.2, 0) is 20.7 Å². The predicted octanol–water partition coefficient (Wildman–Crippen LogP) is 2.61. The molecule has 5 nitrogen and oxygen atoms in total. The second kappa shape index (κ2) is 6.14. The quantitative estimate of drug-likeness (QED) is 0.650. The lowest BCUT2D eigenvalue weighted by Crippen LogP contribution is -2.42. The van der Waals surface area contributed by atoms with Crippen molar-refractivity contribution in [3.05, 3.63) is 58.9 Å². The molecule has 1 N–H and O–H groups in total. The first-order chi connectivity index (χ1) is 12.7. The lowest BCUT2D eigenvalue weighted by atomic mass is 9.97. The van der Waals surface area contributed by atoms with Crippen molar-refractivity contribution in [1.29, 1.82) is 0 Å². The van der Waals surface area contributed by atoms with Gasteiger partial charge in [-0.3, -0.25) is 14.5 Å². The van der Waals surface area contributed by atoms with Crippen LogP contribution in [0.25, 0.3) is 0 Å². The van der Waals surface area contributed by atoms with Crippen LogP contribution in [0.2, 0.25) is 0 Å². The van der Waals surface area contributed by atoms with Gasteiger partial charge in [0.1, 0.15) is 6.54 Å². The number of hydrogen-bond donors (Lipinski definition) is 1. The lowest BCUT2D eigenvalue weighted by Gasteiger charge is -2.25. The van der Waals surface area contributed by atoms with E-state index in [0.29, 0.717) is 16.9 Å². The Hall–Kier alpha value is -2.77. The molecule has 0 saturated carbocycles. The summed E-state index contributed by atoms with van der Waals surface area (Å²) in [6, 6.07) is 7.62. The molecule has 2 aliphatic heterocycles. The fourth-order valence-electron chi connectivity index (χ4n) is 3.92. The van der Waals surface area contributed by atoms with E-state index in [1.807, 2.05) is 24.3 Å². The van der Waals surface area contributed by atoms with Crippen molar-refractivity contribution in [3.63, 3.8) is 0 Å². The minimum atomic E-state index is -4.54. The molecule has 1 aromatic carbocycles. The van der Waals surface area contributed by atoms with Gasteiger partial charge in [-0.05, 0) is 30.5 Å². The summed E-state index contributed by atoms with van der Waals surface area (Å²) in [7, 11) is 0. The Bertz CT molecular complexity index is 875. The van der Waals surface area contributed by atoms with Crippen LogP contribution < -0.4 is 5.32 Å². The average molecular weight is 378 g/mol. The van der Waals surface area contributed by atoms with Gasteiger partial charge in [0, 0.05) is 11.5 Å². The molecule has 1 saturated heterocycles. The van der Waals surface area contributed by atoms with Crippen molar-refractivity contribution < 1.29 is 27.5 Å². The van der Waals surface area contributed by atoms with Crippen LogP contribution in [-0.4, -0.2) is 35.7 Å². The van der Waals surface area contributed by atoms with E-state index in [0.717, 1.165) is 11.1 Å². The minimum absolute atomic E-state index is 0.131. The highest BCUT2D eigenvalue weighted by molar-refractivity contribution is 5.97.